The average molecular weight is 519 g/mol. The summed E-state index contributed by atoms with van der Waals surface area (Å²) >= 11 is 5.80. The third-order valence-electron chi connectivity index (χ3n) is 6.82. The topological polar surface area (TPSA) is 75.1 Å². The number of aromatic nitrogens is 3. The standard InChI is InChI=1S/C30H26N6OS/c37-27(33-23-13-7-10-21-9-1-2-11-22(21)23)16-20-36-29(28(34-30(36)38)24-12-3-5-17-31-24)25-14-8-19-35(25)26-15-4-6-18-32-26/h1-15,17-19,28-29H,16,20H2,(H,33,37)(H,34,38)/t28-,29-/m0/s1. The van der Waals surface area contributed by atoms with Gasteiger partial charge in [0.25, 0.3) is 0 Å². The number of amides is 1. The van der Waals surface area contributed by atoms with Gasteiger partial charge >= 0.3 is 0 Å². The molecular formula is C30H26N6OS. The van der Waals surface area contributed by atoms with Crippen molar-refractivity contribution >= 4 is 39.7 Å². The minimum atomic E-state index is -0.181. The van der Waals surface area contributed by atoms with Gasteiger partial charge in [0, 0.05) is 48.3 Å². The number of carbonyl (C=O) groups excluding carboxylic acids is 1. The van der Waals surface area contributed by atoms with Crippen LogP contribution in [0.4, 0.5) is 5.69 Å². The lowest BCUT2D eigenvalue weighted by molar-refractivity contribution is -0.116. The van der Waals surface area contributed by atoms with E-state index in [9.17, 15) is 4.79 Å². The second-order valence-corrected chi connectivity index (χ2v) is 9.52. The summed E-state index contributed by atoms with van der Waals surface area (Å²) in [5, 5.41) is 9.26. The van der Waals surface area contributed by atoms with Crippen LogP contribution in [0.25, 0.3) is 16.6 Å². The molecule has 2 aromatic carbocycles. The SMILES string of the molecule is O=C(CCN1C(=S)N[C@@H](c2ccccn2)[C@@H]1c1cccn1-c1ccccn1)Nc1cccc2ccccc12. The molecule has 0 bridgehead atoms. The van der Waals surface area contributed by atoms with Gasteiger partial charge in [-0.3, -0.25) is 9.78 Å². The van der Waals surface area contributed by atoms with E-state index in [0.29, 0.717) is 11.7 Å². The largest absolute Gasteiger partial charge is 0.352 e. The fourth-order valence-corrected chi connectivity index (χ4v) is 5.41. The zero-order valence-electron chi connectivity index (χ0n) is 20.6. The zero-order valence-corrected chi connectivity index (χ0v) is 21.4. The van der Waals surface area contributed by atoms with Crippen molar-refractivity contribution in [1.29, 1.82) is 0 Å². The molecule has 2 atom stereocenters. The van der Waals surface area contributed by atoms with Crippen molar-refractivity contribution in [3.05, 3.63) is 121 Å². The van der Waals surface area contributed by atoms with Gasteiger partial charge in [0.05, 0.1) is 17.8 Å². The maximum absolute atomic E-state index is 13.1. The van der Waals surface area contributed by atoms with Crippen LogP contribution in [0.1, 0.15) is 29.9 Å². The fourth-order valence-electron chi connectivity index (χ4n) is 5.08. The smallest absolute Gasteiger partial charge is 0.226 e. The van der Waals surface area contributed by atoms with Crippen molar-refractivity contribution < 1.29 is 4.79 Å². The number of pyridine rings is 2. The predicted molar refractivity (Wildman–Crippen MR) is 153 cm³/mol. The summed E-state index contributed by atoms with van der Waals surface area (Å²) in [6, 6.07) is 29.4. The number of benzene rings is 2. The molecule has 1 aliphatic rings. The Morgan fingerprint density at radius 2 is 1.68 bits per heavy atom. The zero-order chi connectivity index (χ0) is 25.9. The molecule has 1 saturated heterocycles. The van der Waals surface area contributed by atoms with Crippen molar-refractivity contribution in [2.24, 2.45) is 0 Å². The van der Waals surface area contributed by atoms with E-state index in [2.05, 4.69) is 36.1 Å². The van der Waals surface area contributed by atoms with Gasteiger partial charge in [-0.05, 0) is 60.1 Å². The molecule has 1 aliphatic heterocycles. The van der Waals surface area contributed by atoms with Gasteiger partial charge in [0.2, 0.25) is 5.91 Å². The molecule has 0 unspecified atom stereocenters. The van der Waals surface area contributed by atoms with Crippen LogP contribution in [0.2, 0.25) is 0 Å². The molecule has 0 saturated carbocycles. The van der Waals surface area contributed by atoms with Gasteiger partial charge in [-0.25, -0.2) is 4.98 Å². The van der Waals surface area contributed by atoms with E-state index in [0.717, 1.165) is 33.7 Å². The van der Waals surface area contributed by atoms with E-state index in [1.807, 2.05) is 91.1 Å². The molecule has 5 aromatic rings. The Bertz CT molecular complexity index is 1580. The van der Waals surface area contributed by atoms with E-state index in [-0.39, 0.29) is 24.4 Å². The highest BCUT2D eigenvalue weighted by atomic mass is 32.1. The number of nitrogens with one attached hydrogen (secondary N) is 2. The molecule has 1 amide bonds. The van der Waals surface area contributed by atoms with E-state index in [1.54, 1.807) is 12.4 Å². The van der Waals surface area contributed by atoms with Crippen LogP contribution in [0, 0.1) is 0 Å². The molecule has 188 valence electrons. The van der Waals surface area contributed by atoms with Crippen LogP contribution < -0.4 is 10.6 Å². The Morgan fingerprint density at radius 3 is 2.50 bits per heavy atom. The normalized spacial score (nSPS) is 16.9. The van der Waals surface area contributed by atoms with Crippen molar-refractivity contribution in [3.63, 3.8) is 0 Å². The lowest BCUT2D eigenvalue weighted by Gasteiger charge is -2.28. The monoisotopic (exact) mass is 518 g/mol. The number of anilines is 1. The minimum absolute atomic E-state index is 0.0655. The quantitative estimate of drug-likeness (QED) is 0.280. The van der Waals surface area contributed by atoms with Gasteiger partial charge in [0.1, 0.15) is 5.82 Å². The first-order chi connectivity index (χ1) is 18.7. The summed E-state index contributed by atoms with van der Waals surface area (Å²) in [6.07, 6.45) is 5.85. The van der Waals surface area contributed by atoms with Gasteiger partial charge < -0.3 is 20.1 Å². The molecule has 6 rings (SSSR count). The molecule has 0 radical (unpaired) electrons. The maximum Gasteiger partial charge on any atom is 0.226 e. The van der Waals surface area contributed by atoms with Crippen LogP contribution in [-0.4, -0.2) is 37.0 Å². The molecule has 2 N–H and O–H groups in total. The third-order valence-corrected chi connectivity index (χ3v) is 7.17. The number of hydrogen-bond donors (Lipinski definition) is 2. The first-order valence-electron chi connectivity index (χ1n) is 12.5. The number of rotatable bonds is 7. The van der Waals surface area contributed by atoms with Crippen LogP contribution in [0.15, 0.2) is 110 Å². The second kappa shape index (κ2) is 10.4. The molecule has 38 heavy (non-hydrogen) atoms. The number of hydrogen-bond acceptors (Lipinski definition) is 4. The van der Waals surface area contributed by atoms with Crippen molar-refractivity contribution in [2.45, 2.75) is 18.5 Å². The lowest BCUT2D eigenvalue weighted by atomic mass is 10.0. The average Bonchev–Trinajstić information content (AvgIpc) is 3.57. The van der Waals surface area contributed by atoms with Crippen molar-refractivity contribution in [3.8, 4) is 5.82 Å². The molecule has 7 nitrogen and oxygen atoms in total. The van der Waals surface area contributed by atoms with E-state index >= 15 is 0 Å². The number of fused-ring (bicyclic) bond motifs is 1. The molecule has 0 aliphatic carbocycles. The third kappa shape index (κ3) is 4.62. The number of carbonyl (C=O) groups is 1. The van der Waals surface area contributed by atoms with E-state index in [1.165, 1.54) is 0 Å². The Morgan fingerprint density at radius 1 is 0.895 bits per heavy atom. The Kier molecular flexibility index (Phi) is 6.54. The van der Waals surface area contributed by atoms with Crippen LogP contribution in [0.3, 0.4) is 0 Å². The maximum atomic E-state index is 13.1. The van der Waals surface area contributed by atoms with E-state index in [4.69, 9.17) is 12.2 Å². The summed E-state index contributed by atoms with van der Waals surface area (Å²) in [6.45, 7) is 0.448. The highest BCUT2D eigenvalue weighted by Crippen LogP contribution is 2.39. The molecular weight excluding hydrogens is 492 g/mol. The summed E-state index contributed by atoms with van der Waals surface area (Å²) in [7, 11) is 0. The molecule has 4 heterocycles. The van der Waals surface area contributed by atoms with Crippen LogP contribution in [-0.2, 0) is 4.79 Å². The fraction of sp³-hybridized carbons (Fsp3) is 0.133. The Balaban J connectivity index is 1.28. The Labute approximate surface area is 226 Å². The summed E-state index contributed by atoms with van der Waals surface area (Å²) < 4.78 is 2.07. The highest BCUT2D eigenvalue weighted by Gasteiger charge is 2.41. The number of thiocarbonyl (C=S) groups is 1. The predicted octanol–water partition coefficient (Wildman–Crippen LogP) is 5.42. The van der Waals surface area contributed by atoms with Crippen molar-refractivity contribution in [2.75, 3.05) is 11.9 Å². The molecule has 3 aromatic heterocycles. The minimum Gasteiger partial charge on any atom is -0.352 e. The summed E-state index contributed by atoms with van der Waals surface area (Å²) in [5.74, 6) is 0.753. The van der Waals surface area contributed by atoms with Gasteiger partial charge in [-0.15, -0.1) is 0 Å². The van der Waals surface area contributed by atoms with Crippen molar-refractivity contribution in [1.82, 2.24) is 24.8 Å². The van der Waals surface area contributed by atoms with Gasteiger partial charge in [0.15, 0.2) is 5.11 Å². The van der Waals surface area contributed by atoms with Crippen LogP contribution in [0.5, 0.6) is 0 Å². The lowest BCUT2D eigenvalue weighted by Crippen LogP contribution is -2.33. The second-order valence-electron chi connectivity index (χ2n) is 9.14. The summed E-state index contributed by atoms with van der Waals surface area (Å²) in [5.41, 5.74) is 2.71. The molecule has 8 heteroatoms. The van der Waals surface area contributed by atoms with Crippen LogP contribution >= 0.6 is 12.2 Å². The Hall–Kier alpha value is -4.56. The highest BCUT2D eigenvalue weighted by molar-refractivity contribution is 7.80. The van der Waals surface area contributed by atoms with Gasteiger partial charge in [-0.1, -0.05) is 48.5 Å². The summed E-state index contributed by atoms with van der Waals surface area (Å²) in [4.78, 5) is 24.4. The van der Waals surface area contributed by atoms with E-state index < -0.39 is 0 Å². The number of nitrogens with zero attached hydrogens (tertiary/aromatic N) is 4. The first kappa shape index (κ1) is 23.8. The first-order valence-corrected chi connectivity index (χ1v) is 12.9. The van der Waals surface area contributed by atoms with Gasteiger partial charge in [-0.2, -0.15) is 0 Å². The molecule has 0 spiro atoms. The molecule has 1 fully saturated rings.